The van der Waals surface area contributed by atoms with E-state index in [1.807, 2.05) is 0 Å². The van der Waals surface area contributed by atoms with Crippen molar-refractivity contribution in [2.75, 3.05) is 6.54 Å². The van der Waals surface area contributed by atoms with Gasteiger partial charge in [0, 0.05) is 24.9 Å². The molecule has 0 aliphatic rings. The van der Waals surface area contributed by atoms with E-state index in [1.54, 1.807) is 6.20 Å². The summed E-state index contributed by atoms with van der Waals surface area (Å²) in [5, 5.41) is 20.3. The average molecular weight is 279 g/mol. The molecule has 1 heterocycles. The van der Waals surface area contributed by atoms with Crippen molar-refractivity contribution in [3.05, 3.63) is 52.1 Å². The number of nitrogens with zero attached hydrogens (tertiary/aromatic N) is 4. The van der Waals surface area contributed by atoms with Crippen LogP contribution in [0.15, 0.2) is 30.6 Å². The first-order valence-electron chi connectivity index (χ1n) is 5.64. The zero-order chi connectivity index (χ0) is 14.5. The van der Waals surface area contributed by atoms with Crippen LogP contribution in [0, 0.1) is 15.9 Å². The first kappa shape index (κ1) is 13.6. The second-order valence-electron chi connectivity index (χ2n) is 3.84. The normalized spacial score (nSPS) is 10.2. The molecule has 0 aliphatic heterocycles. The van der Waals surface area contributed by atoms with Crippen LogP contribution in [-0.4, -0.2) is 32.4 Å². The molecule has 1 amide bonds. The van der Waals surface area contributed by atoms with Gasteiger partial charge in [0.2, 0.25) is 0 Å². The molecule has 104 valence electrons. The van der Waals surface area contributed by atoms with E-state index in [2.05, 4.69) is 15.6 Å². The van der Waals surface area contributed by atoms with E-state index in [0.717, 1.165) is 18.2 Å². The van der Waals surface area contributed by atoms with E-state index in [0.29, 0.717) is 6.54 Å². The molecule has 0 bridgehead atoms. The van der Waals surface area contributed by atoms with Crippen LogP contribution >= 0.6 is 0 Å². The summed E-state index contributed by atoms with van der Waals surface area (Å²) in [5.41, 5.74) is -0.703. The minimum absolute atomic E-state index is 0.199. The number of nitrogens with one attached hydrogen (secondary N) is 1. The first-order valence-corrected chi connectivity index (χ1v) is 5.64. The zero-order valence-corrected chi connectivity index (χ0v) is 10.2. The van der Waals surface area contributed by atoms with Crippen LogP contribution < -0.4 is 5.32 Å². The van der Waals surface area contributed by atoms with Crippen molar-refractivity contribution in [2.45, 2.75) is 6.54 Å². The molecule has 0 saturated heterocycles. The van der Waals surface area contributed by atoms with Gasteiger partial charge in [-0.3, -0.25) is 19.6 Å². The van der Waals surface area contributed by atoms with Crippen LogP contribution in [0.4, 0.5) is 10.1 Å². The molecule has 0 aliphatic carbocycles. The average Bonchev–Trinajstić information content (AvgIpc) is 2.92. The summed E-state index contributed by atoms with van der Waals surface area (Å²) in [5.74, 6) is -1.53. The van der Waals surface area contributed by atoms with Crippen LogP contribution in [0.2, 0.25) is 0 Å². The smallest absolute Gasteiger partial charge is 0.270 e. The lowest BCUT2D eigenvalue weighted by atomic mass is 10.1. The Labute approximate surface area is 112 Å². The highest BCUT2D eigenvalue weighted by molar-refractivity contribution is 5.95. The Hall–Kier alpha value is -2.84. The molecular weight excluding hydrogens is 269 g/mol. The number of rotatable bonds is 5. The summed E-state index contributed by atoms with van der Waals surface area (Å²) in [7, 11) is 0. The van der Waals surface area contributed by atoms with E-state index in [-0.39, 0.29) is 17.8 Å². The molecule has 0 fully saturated rings. The lowest BCUT2D eigenvalue weighted by molar-refractivity contribution is -0.384. The third kappa shape index (κ3) is 3.13. The van der Waals surface area contributed by atoms with Gasteiger partial charge >= 0.3 is 0 Å². The lowest BCUT2D eigenvalue weighted by Crippen LogP contribution is -2.28. The maximum absolute atomic E-state index is 13.5. The summed E-state index contributed by atoms with van der Waals surface area (Å²) in [6.07, 6.45) is 3.10. The maximum Gasteiger partial charge on any atom is 0.270 e. The fraction of sp³-hybridized carbons (Fsp3) is 0.182. The van der Waals surface area contributed by atoms with E-state index < -0.39 is 16.6 Å². The van der Waals surface area contributed by atoms with Gasteiger partial charge in [0.15, 0.2) is 0 Å². The molecule has 1 N–H and O–H groups in total. The number of carbonyl (C=O) groups excluding carboxylic acids is 1. The van der Waals surface area contributed by atoms with Gasteiger partial charge in [-0.05, 0) is 6.07 Å². The van der Waals surface area contributed by atoms with E-state index in [4.69, 9.17) is 0 Å². The molecule has 0 unspecified atom stereocenters. The van der Waals surface area contributed by atoms with Gasteiger partial charge in [0.1, 0.15) is 5.82 Å². The van der Waals surface area contributed by atoms with Gasteiger partial charge in [0.05, 0.1) is 23.2 Å². The number of hydrogen-bond donors (Lipinski definition) is 1. The first-order chi connectivity index (χ1) is 9.58. The zero-order valence-electron chi connectivity index (χ0n) is 10.2. The standard InChI is InChI=1S/C11H10FN5O3/c12-10-2-1-8(17(19)20)7-9(10)11(18)13-3-5-16-6-4-14-15-16/h1-2,4,6-7H,3,5H2,(H,13,18). The highest BCUT2D eigenvalue weighted by Crippen LogP contribution is 2.16. The summed E-state index contributed by atoms with van der Waals surface area (Å²) >= 11 is 0. The van der Waals surface area contributed by atoms with Crippen LogP contribution in [0.3, 0.4) is 0 Å². The quantitative estimate of drug-likeness (QED) is 0.642. The molecule has 20 heavy (non-hydrogen) atoms. The number of carbonyl (C=O) groups is 1. The van der Waals surface area contributed by atoms with Crippen molar-refractivity contribution < 1.29 is 14.1 Å². The van der Waals surface area contributed by atoms with Crippen LogP contribution in [0.1, 0.15) is 10.4 Å². The van der Waals surface area contributed by atoms with Crippen molar-refractivity contribution in [1.82, 2.24) is 20.3 Å². The van der Waals surface area contributed by atoms with Crippen molar-refractivity contribution in [3.8, 4) is 0 Å². The third-order valence-electron chi connectivity index (χ3n) is 2.50. The molecule has 0 spiro atoms. The van der Waals surface area contributed by atoms with Crippen LogP contribution in [0.25, 0.3) is 0 Å². The maximum atomic E-state index is 13.5. The SMILES string of the molecule is O=C(NCCn1ccnn1)c1cc([N+](=O)[O-])ccc1F. The van der Waals surface area contributed by atoms with E-state index in [1.165, 1.54) is 10.9 Å². The number of benzene rings is 1. The minimum atomic E-state index is -0.811. The van der Waals surface area contributed by atoms with Gasteiger partial charge in [-0.1, -0.05) is 5.21 Å². The Morgan fingerprint density at radius 2 is 2.30 bits per heavy atom. The fourth-order valence-electron chi connectivity index (χ4n) is 1.53. The summed E-state index contributed by atoms with van der Waals surface area (Å²) in [4.78, 5) is 21.7. The van der Waals surface area contributed by atoms with Crippen molar-refractivity contribution in [1.29, 1.82) is 0 Å². The molecule has 8 nitrogen and oxygen atoms in total. The molecule has 0 atom stereocenters. The molecule has 1 aromatic heterocycles. The highest BCUT2D eigenvalue weighted by Gasteiger charge is 2.16. The summed E-state index contributed by atoms with van der Waals surface area (Å²) in [6.45, 7) is 0.562. The summed E-state index contributed by atoms with van der Waals surface area (Å²) in [6, 6.07) is 2.80. The molecule has 2 rings (SSSR count). The largest absolute Gasteiger partial charge is 0.350 e. The molecule has 1 aromatic carbocycles. The minimum Gasteiger partial charge on any atom is -0.350 e. The van der Waals surface area contributed by atoms with Crippen molar-refractivity contribution >= 4 is 11.6 Å². The molecule has 0 radical (unpaired) electrons. The predicted octanol–water partition coefficient (Wildman–Crippen LogP) is 0.755. The number of nitro benzene ring substituents is 1. The predicted molar refractivity (Wildman–Crippen MR) is 65.4 cm³/mol. The van der Waals surface area contributed by atoms with Gasteiger partial charge in [0.25, 0.3) is 11.6 Å². The van der Waals surface area contributed by atoms with Gasteiger partial charge < -0.3 is 5.32 Å². The molecular formula is C11H10FN5O3. The number of non-ortho nitro benzene ring substituents is 1. The van der Waals surface area contributed by atoms with Crippen molar-refractivity contribution in [3.63, 3.8) is 0 Å². The Morgan fingerprint density at radius 1 is 1.50 bits per heavy atom. The Bertz CT molecular complexity index is 629. The Morgan fingerprint density at radius 3 is 2.95 bits per heavy atom. The van der Waals surface area contributed by atoms with Gasteiger partial charge in [-0.15, -0.1) is 5.10 Å². The van der Waals surface area contributed by atoms with E-state index >= 15 is 0 Å². The topological polar surface area (TPSA) is 103 Å². The number of aromatic nitrogens is 3. The number of halogens is 1. The number of amides is 1. The van der Waals surface area contributed by atoms with Crippen LogP contribution in [0.5, 0.6) is 0 Å². The second kappa shape index (κ2) is 5.87. The van der Waals surface area contributed by atoms with Crippen LogP contribution in [-0.2, 0) is 6.54 Å². The monoisotopic (exact) mass is 279 g/mol. The lowest BCUT2D eigenvalue weighted by Gasteiger charge is -2.06. The fourth-order valence-corrected chi connectivity index (χ4v) is 1.53. The number of hydrogen-bond acceptors (Lipinski definition) is 5. The number of nitro groups is 1. The molecule has 0 saturated carbocycles. The highest BCUT2D eigenvalue weighted by atomic mass is 19.1. The molecule has 2 aromatic rings. The third-order valence-corrected chi connectivity index (χ3v) is 2.50. The summed E-state index contributed by atoms with van der Waals surface area (Å²) < 4.78 is 15.0. The Balaban J connectivity index is 2.01. The second-order valence-corrected chi connectivity index (χ2v) is 3.84. The van der Waals surface area contributed by atoms with Gasteiger partial charge in [-0.2, -0.15) is 0 Å². The van der Waals surface area contributed by atoms with Crippen molar-refractivity contribution in [2.24, 2.45) is 0 Å². The Kier molecular flexibility index (Phi) is 3.99. The van der Waals surface area contributed by atoms with Gasteiger partial charge in [-0.25, -0.2) is 4.39 Å². The van der Waals surface area contributed by atoms with E-state index in [9.17, 15) is 19.3 Å². The molecule has 9 heteroatoms.